The van der Waals surface area contributed by atoms with E-state index in [2.05, 4.69) is 81.2 Å². The number of benzene rings is 1. The van der Waals surface area contributed by atoms with Crippen LogP contribution in [0, 0.1) is 0 Å². The number of rotatable bonds is 7. The van der Waals surface area contributed by atoms with Gasteiger partial charge in [-0.25, -0.2) is 0 Å². The highest BCUT2D eigenvalue weighted by molar-refractivity contribution is 7.14. The van der Waals surface area contributed by atoms with Gasteiger partial charge in [0.25, 0.3) is 0 Å². The van der Waals surface area contributed by atoms with E-state index in [1.54, 1.807) is 0 Å². The quantitative estimate of drug-likeness (QED) is 0.552. The van der Waals surface area contributed by atoms with Crippen LogP contribution in [0.3, 0.4) is 0 Å². The van der Waals surface area contributed by atoms with Gasteiger partial charge in [0.1, 0.15) is 0 Å². The lowest BCUT2D eigenvalue weighted by Crippen LogP contribution is -2.48. The second kappa shape index (κ2) is 10.5. The van der Waals surface area contributed by atoms with Crippen LogP contribution >= 0.6 is 11.3 Å². The Balaban J connectivity index is 1.46. The molecule has 2 N–H and O–H groups in total. The van der Waals surface area contributed by atoms with Gasteiger partial charge in [-0.3, -0.25) is 4.99 Å². The van der Waals surface area contributed by atoms with Crippen molar-refractivity contribution < 1.29 is 0 Å². The molecular weight excluding hydrogens is 366 g/mol. The highest BCUT2D eigenvalue weighted by Gasteiger charge is 2.20. The molecule has 1 aromatic heterocycles. The summed E-state index contributed by atoms with van der Waals surface area (Å²) in [6.07, 6.45) is 2.27. The SMILES string of the molecule is CCN(C)Cc1cccc(CNC(=NC)NC2CCN(c3cccs3)CC2)c1. The van der Waals surface area contributed by atoms with Crippen LogP contribution in [-0.4, -0.2) is 50.6 Å². The topological polar surface area (TPSA) is 42.9 Å². The van der Waals surface area contributed by atoms with E-state index in [9.17, 15) is 0 Å². The molecule has 0 atom stereocenters. The molecule has 3 rings (SSSR count). The number of thiophene rings is 1. The van der Waals surface area contributed by atoms with Gasteiger partial charge >= 0.3 is 0 Å². The third-order valence-corrected chi connectivity index (χ3v) is 6.25. The number of hydrogen-bond donors (Lipinski definition) is 2. The van der Waals surface area contributed by atoms with Crippen molar-refractivity contribution in [2.45, 2.75) is 38.9 Å². The predicted molar refractivity (Wildman–Crippen MR) is 121 cm³/mol. The molecule has 0 bridgehead atoms. The van der Waals surface area contributed by atoms with Crippen LogP contribution in [-0.2, 0) is 13.1 Å². The maximum Gasteiger partial charge on any atom is 0.191 e. The number of hydrogen-bond acceptors (Lipinski definition) is 4. The Bertz CT molecular complexity index is 735. The summed E-state index contributed by atoms with van der Waals surface area (Å²) in [6.45, 7) is 7.22. The van der Waals surface area contributed by atoms with Crippen LogP contribution in [0.15, 0.2) is 46.8 Å². The van der Waals surface area contributed by atoms with E-state index in [1.165, 1.54) is 16.1 Å². The summed E-state index contributed by atoms with van der Waals surface area (Å²) in [7, 11) is 4.00. The normalized spacial score (nSPS) is 15.9. The fourth-order valence-corrected chi connectivity index (χ4v) is 4.31. The first-order valence-electron chi connectivity index (χ1n) is 10.2. The summed E-state index contributed by atoms with van der Waals surface area (Å²) in [5, 5.41) is 10.6. The van der Waals surface area contributed by atoms with Crippen LogP contribution < -0.4 is 15.5 Å². The van der Waals surface area contributed by atoms with Crippen LogP contribution in [0.2, 0.25) is 0 Å². The maximum absolute atomic E-state index is 4.42. The molecule has 6 heteroatoms. The molecule has 0 radical (unpaired) electrons. The lowest BCUT2D eigenvalue weighted by molar-refractivity contribution is 0.345. The van der Waals surface area contributed by atoms with Crippen LogP contribution in [0.1, 0.15) is 30.9 Å². The first kappa shape index (κ1) is 20.7. The molecule has 1 aromatic carbocycles. The number of nitrogens with one attached hydrogen (secondary N) is 2. The Morgan fingerprint density at radius 3 is 2.68 bits per heavy atom. The van der Waals surface area contributed by atoms with E-state index in [1.807, 2.05) is 18.4 Å². The summed E-state index contributed by atoms with van der Waals surface area (Å²) >= 11 is 1.83. The minimum atomic E-state index is 0.479. The smallest absolute Gasteiger partial charge is 0.191 e. The molecule has 2 aromatic rings. The molecule has 0 unspecified atom stereocenters. The van der Waals surface area contributed by atoms with E-state index < -0.39 is 0 Å². The molecule has 1 aliphatic rings. The van der Waals surface area contributed by atoms with E-state index in [-0.39, 0.29) is 0 Å². The molecule has 0 amide bonds. The Morgan fingerprint density at radius 2 is 2.00 bits per heavy atom. The molecule has 1 aliphatic heterocycles. The second-order valence-electron chi connectivity index (χ2n) is 7.43. The summed E-state index contributed by atoms with van der Waals surface area (Å²) in [5.41, 5.74) is 2.64. The van der Waals surface area contributed by atoms with Crippen molar-refractivity contribution in [2.75, 3.05) is 38.6 Å². The molecule has 0 spiro atoms. The summed E-state index contributed by atoms with van der Waals surface area (Å²) in [5.74, 6) is 0.894. The van der Waals surface area contributed by atoms with E-state index in [4.69, 9.17) is 0 Å². The largest absolute Gasteiger partial charge is 0.363 e. The zero-order valence-corrected chi connectivity index (χ0v) is 18.1. The molecule has 1 fully saturated rings. The first-order chi connectivity index (χ1) is 13.7. The van der Waals surface area contributed by atoms with Crippen molar-refractivity contribution in [1.29, 1.82) is 0 Å². The molecule has 1 saturated heterocycles. The fourth-order valence-electron chi connectivity index (χ4n) is 3.53. The van der Waals surface area contributed by atoms with Gasteiger partial charge < -0.3 is 20.4 Å². The van der Waals surface area contributed by atoms with Crippen molar-refractivity contribution >= 4 is 22.3 Å². The van der Waals surface area contributed by atoms with Crippen molar-refractivity contribution in [3.05, 3.63) is 52.9 Å². The predicted octanol–water partition coefficient (Wildman–Crippen LogP) is 3.53. The lowest BCUT2D eigenvalue weighted by atomic mass is 10.1. The van der Waals surface area contributed by atoms with Crippen molar-refractivity contribution in [2.24, 2.45) is 4.99 Å². The number of aliphatic imine (C=N–C) groups is 1. The molecule has 152 valence electrons. The van der Waals surface area contributed by atoms with Crippen LogP contribution in [0.4, 0.5) is 5.00 Å². The van der Waals surface area contributed by atoms with E-state index >= 15 is 0 Å². The molecule has 28 heavy (non-hydrogen) atoms. The van der Waals surface area contributed by atoms with Crippen molar-refractivity contribution in [3.63, 3.8) is 0 Å². The standard InChI is InChI=1S/C22H33N5S/c1-4-26(3)17-19-8-5-7-18(15-19)16-24-22(23-2)25-20-10-12-27(13-11-20)21-9-6-14-28-21/h5-9,14-15,20H,4,10-13,16-17H2,1-3H3,(H2,23,24,25). The van der Waals surface area contributed by atoms with Crippen LogP contribution in [0.25, 0.3) is 0 Å². The first-order valence-corrected chi connectivity index (χ1v) is 11.1. The number of guanidine groups is 1. The van der Waals surface area contributed by atoms with Gasteiger partial charge in [0, 0.05) is 39.3 Å². The summed E-state index contributed by atoms with van der Waals surface area (Å²) in [4.78, 5) is 9.22. The van der Waals surface area contributed by atoms with Gasteiger partial charge in [-0.05, 0) is 55.1 Å². The third kappa shape index (κ3) is 5.97. The second-order valence-corrected chi connectivity index (χ2v) is 8.36. The van der Waals surface area contributed by atoms with E-state index in [0.29, 0.717) is 6.04 Å². The van der Waals surface area contributed by atoms with Gasteiger partial charge in [-0.1, -0.05) is 31.2 Å². The van der Waals surface area contributed by atoms with Gasteiger partial charge in [-0.2, -0.15) is 0 Å². The zero-order chi connectivity index (χ0) is 19.8. The summed E-state index contributed by atoms with van der Waals surface area (Å²) in [6, 6.07) is 13.6. The maximum atomic E-state index is 4.42. The molecule has 0 aliphatic carbocycles. The Morgan fingerprint density at radius 1 is 1.21 bits per heavy atom. The average Bonchev–Trinajstić information content (AvgIpc) is 3.26. The van der Waals surface area contributed by atoms with Crippen LogP contribution in [0.5, 0.6) is 0 Å². The molecule has 0 saturated carbocycles. The Hall–Kier alpha value is -2.05. The van der Waals surface area contributed by atoms with E-state index in [0.717, 1.165) is 51.5 Å². The Kier molecular flexibility index (Phi) is 7.74. The van der Waals surface area contributed by atoms with Gasteiger partial charge in [0.05, 0.1) is 5.00 Å². The monoisotopic (exact) mass is 399 g/mol. The molecular formula is C22H33N5S. The highest BCUT2D eigenvalue weighted by atomic mass is 32.1. The molecule has 5 nitrogen and oxygen atoms in total. The fraction of sp³-hybridized carbons (Fsp3) is 0.500. The third-order valence-electron chi connectivity index (χ3n) is 5.32. The summed E-state index contributed by atoms with van der Waals surface area (Å²) < 4.78 is 0. The lowest BCUT2D eigenvalue weighted by Gasteiger charge is -2.33. The number of anilines is 1. The zero-order valence-electron chi connectivity index (χ0n) is 17.3. The van der Waals surface area contributed by atoms with Gasteiger partial charge in [0.2, 0.25) is 0 Å². The Labute approximate surface area is 173 Å². The van der Waals surface area contributed by atoms with Crippen molar-refractivity contribution in [1.82, 2.24) is 15.5 Å². The minimum absolute atomic E-state index is 0.479. The number of piperidine rings is 1. The minimum Gasteiger partial charge on any atom is -0.363 e. The number of nitrogens with zero attached hydrogens (tertiary/aromatic N) is 3. The molecule has 2 heterocycles. The average molecular weight is 400 g/mol. The van der Waals surface area contributed by atoms with Gasteiger partial charge in [-0.15, -0.1) is 11.3 Å². The highest BCUT2D eigenvalue weighted by Crippen LogP contribution is 2.24. The van der Waals surface area contributed by atoms with Gasteiger partial charge in [0.15, 0.2) is 5.96 Å². The van der Waals surface area contributed by atoms with Crippen molar-refractivity contribution in [3.8, 4) is 0 Å².